The maximum absolute atomic E-state index is 6.31. The topological polar surface area (TPSA) is 35.5 Å². The highest BCUT2D eigenvalue weighted by Gasteiger charge is 2.21. The molecule has 1 fully saturated rings. The van der Waals surface area contributed by atoms with E-state index < -0.39 is 0 Å². The number of benzene rings is 2. The smallest absolute Gasteiger partial charge is 0.227 e. The van der Waals surface area contributed by atoms with Crippen LogP contribution in [0.15, 0.2) is 48.5 Å². The van der Waals surface area contributed by atoms with Crippen LogP contribution in [0.1, 0.15) is 5.56 Å². The highest BCUT2D eigenvalue weighted by Crippen LogP contribution is 2.26. The standard InChI is InChI=1S/C21H24ClN5/c1-25(2)20-17-8-4-6-10-19(17)23-21(24-20)27-13-11-26(12-14-27)15-16-7-3-5-9-18(16)22/h3-10H,11-15H2,1-2H3. The van der Waals surface area contributed by atoms with Gasteiger partial charge in [0, 0.05) is 57.2 Å². The van der Waals surface area contributed by atoms with E-state index in [9.17, 15) is 0 Å². The molecule has 0 spiro atoms. The van der Waals surface area contributed by atoms with Gasteiger partial charge in [-0.05, 0) is 23.8 Å². The number of fused-ring (bicyclic) bond motifs is 1. The predicted molar refractivity (Wildman–Crippen MR) is 113 cm³/mol. The van der Waals surface area contributed by atoms with Gasteiger partial charge in [0.2, 0.25) is 5.95 Å². The van der Waals surface area contributed by atoms with Gasteiger partial charge in [0.25, 0.3) is 0 Å². The lowest BCUT2D eigenvalue weighted by molar-refractivity contribution is 0.249. The summed E-state index contributed by atoms with van der Waals surface area (Å²) >= 11 is 6.31. The number of halogens is 1. The molecule has 1 aliphatic heterocycles. The molecule has 5 nitrogen and oxygen atoms in total. The maximum atomic E-state index is 6.31. The monoisotopic (exact) mass is 381 g/mol. The van der Waals surface area contributed by atoms with Gasteiger partial charge in [-0.15, -0.1) is 0 Å². The SMILES string of the molecule is CN(C)c1nc(N2CCN(Cc3ccccc3Cl)CC2)nc2ccccc12. The second kappa shape index (κ2) is 7.71. The molecule has 0 bridgehead atoms. The minimum atomic E-state index is 0.815. The first-order valence-corrected chi connectivity index (χ1v) is 9.64. The summed E-state index contributed by atoms with van der Waals surface area (Å²) in [5.74, 6) is 1.78. The van der Waals surface area contributed by atoms with E-state index in [0.717, 1.165) is 60.4 Å². The summed E-state index contributed by atoms with van der Waals surface area (Å²) in [4.78, 5) is 16.4. The fourth-order valence-electron chi connectivity index (χ4n) is 3.50. The average Bonchev–Trinajstić information content (AvgIpc) is 2.69. The van der Waals surface area contributed by atoms with Gasteiger partial charge in [0.05, 0.1) is 5.52 Å². The summed E-state index contributed by atoms with van der Waals surface area (Å²) in [7, 11) is 4.06. The molecule has 0 aliphatic carbocycles. The zero-order valence-corrected chi connectivity index (χ0v) is 16.5. The van der Waals surface area contributed by atoms with Crippen molar-refractivity contribution >= 4 is 34.3 Å². The molecule has 2 heterocycles. The van der Waals surface area contributed by atoms with Crippen molar-refractivity contribution in [2.75, 3.05) is 50.1 Å². The Bertz CT molecular complexity index is 935. The number of hydrogen-bond acceptors (Lipinski definition) is 5. The zero-order chi connectivity index (χ0) is 18.8. The number of rotatable bonds is 4. The second-order valence-electron chi connectivity index (χ2n) is 7.11. The maximum Gasteiger partial charge on any atom is 0.227 e. The van der Waals surface area contributed by atoms with E-state index in [1.54, 1.807) is 0 Å². The second-order valence-corrected chi connectivity index (χ2v) is 7.52. The summed E-state index contributed by atoms with van der Waals surface area (Å²) in [5.41, 5.74) is 2.18. The zero-order valence-electron chi connectivity index (χ0n) is 15.8. The van der Waals surface area contributed by atoms with E-state index in [4.69, 9.17) is 21.6 Å². The van der Waals surface area contributed by atoms with Crippen LogP contribution in [0, 0.1) is 0 Å². The third-order valence-electron chi connectivity index (χ3n) is 5.00. The van der Waals surface area contributed by atoms with Crippen LogP contribution >= 0.6 is 11.6 Å². The highest BCUT2D eigenvalue weighted by molar-refractivity contribution is 6.31. The van der Waals surface area contributed by atoms with Crippen molar-refractivity contribution in [2.24, 2.45) is 0 Å². The van der Waals surface area contributed by atoms with Crippen LogP contribution in [-0.4, -0.2) is 55.1 Å². The number of aromatic nitrogens is 2. The molecular formula is C21H24ClN5. The van der Waals surface area contributed by atoms with Gasteiger partial charge in [0.1, 0.15) is 5.82 Å². The molecule has 0 unspecified atom stereocenters. The van der Waals surface area contributed by atoms with Crippen molar-refractivity contribution < 1.29 is 0 Å². The fourth-order valence-corrected chi connectivity index (χ4v) is 3.70. The van der Waals surface area contributed by atoms with E-state index in [2.05, 4.69) is 32.9 Å². The third kappa shape index (κ3) is 3.84. The Morgan fingerprint density at radius 3 is 2.37 bits per heavy atom. The van der Waals surface area contributed by atoms with E-state index in [0.29, 0.717) is 0 Å². The van der Waals surface area contributed by atoms with E-state index in [1.165, 1.54) is 5.56 Å². The molecule has 4 rings (SSSR count). The molecule has 140 valence electrons. The van der Waals surface area contributed by atoms with Crippen LogP contribution in [0.2, 0.25) is 5.02 Å². The Labute approximate surface area is 165 Å². The van der Waals surface area contributed by atoms with Crippen molar-refractivity contribution in [1.29, 1.82) is 0 Å². The number of para-hydroxylation sites is 1. The molecule has 1 saturated heterocycles. The lowest BCUT2D eigenvalue weighted by Crippen LogP contribution is -2.46. The lowest BCUT2D eigenvalue weighted by Gasteiger charge is -2.35. The van der Waals surface area contributed by atoms with Gasteiger partial charge in [-0.25, -0.2) is 4.98 Å². The van der Waals surface area contributed by atoms with E-state index >= 15 is 0 Å². The Morgan fingerprint density at radius 1 is 0.926 bits per heavy atom. The Hall–Kier alpha value is -2.37. The largest absolute Gasteiger partial charge is 0.362 e. The minimum Gasteiger partial charge on any atom is -0.362 e. The van der Waals surface area contributed by atoms with Crippen LogP contribution in [0.25, 0.3) is 10.9 Å². The number of hydrogen-bond donors (Lipinski definition) is 0. The Kier molecular flexibility index (Phi) is 5.14. The van der Waals surface area contributed by atoms with Crippen molar-refractivity contribution in [3.63, 3.8) is 0 Å². The lowest BCUT2D eigenvalue weighted by atomic mass is 10.2. The first-order valence-electron chi connectivity index (χ1n) is 9.26. The molecule has 0 atom stereocenters. The van der Waals surface area contributed by atoms with Gasteiger partial charge in [-0.2, -0.15) is 4.98 Å². The first-order chi connectivity index (χ1) is 13.1. The van der Waals surface area contributed by atoms with Crippen LogP contribution < -0.4 is 9.80 Å². The normalized spacial score (nSPS) is 15.3. The van der Waals surface area contributed by atoms with Gasteiger partial charge in [0.15, 0.2) is 0 Å². The fraction of sp³-hybridized carbons (Fsp3) is 0.333. The number of anilines is 2. The predicted octanol–water partition coefficient (Wildman–Crippen LogP) is 3.67. The molecule has 3 aromatic rings. The molecule has 1 aliphatic rings. The summed E-state index contributed by atoms with van der Waals surface area (Å²) in [6.45, 7) is 4.65. The molecule has 1 aromatic heterocycles. The van der Waals surface area contributed by atoms with E-state index in [1.807, 2.05) is 44.4 Å². The van der Waals surface area contributed by atoms with Gasteiger partial charge in [-0.1, -0.05) is 41.9 Å². The Morgan fingerprint density at radius 2 is 1.63 bits per heavy atom. The van der Waals surface area contributed by atoms with Crippen LogP contribution in [0.3, 0.4) is 0 Å². The van der Waals surface area contributed by atoms with Crippen molar-refractivity contribution in [2.45, 2.75) is 6.54 Å². The van der Waals surface area contributed by atoms with Gasteiger partial charge < -0.3 is 9.80 Å². The van der Waals surface area contributed by atoms with Gasteiger partial charge >= 0.3 is 0 Å². The molecule has 2 aromatic carbocycles. The average molecular weight is 382 g/mol. The van der Waals surface area contributed by atoms with Crippen molar-refractivity contribution in [3.05, 3.63) is 59.1 Å². The van der Waals surface area contributed by atoms with Crippen LogP contribution in [0.5, 0.6) is 0 Å². The van der Waals surface area contributed by atoms with E-state index in [-0.39, 0.29) is 0 Å². The molecule has 6 heteroatoms. The summed E-state index contributed by atoms with van der Waals surface area (Å²) < 4.78 is 0. The van der Waals surface area contributed by atoms with Crippen molar-refractivity contribution in [3.8, 4) is 0 Å². The Balaban J connectivity index is 1.50. The number of nitrogens with zero attached hydrogens (tertiary/aromatic N) is 5. The molecule has 0 radical (unpaired) electrons. The molecular weight excluding hydrogens is 358 g/mol. The highest BCUT2D eigenvalue weighted by atomic mass is 35.5. The summed E-state index contributed by atoms with van der Waals surface area (Å²) in [5, 5.41) is 1.93. The van der Waals surface area contributed by atoms with Gasteiger partial charge in [-0.3, -0.25) is 4.90 Å². The van der Waals surface area contributed by atoms with Crippen LogP contribution in [-0.2, 0) is 6.54 Å². The molecule has 27 heavy (non-hydrogen) atoms. The third-order valence-corrected chi connectivity index (χ3v) is 5.37. The van der Waals surface area contributed by atoms with Crippen LogP contribution in [0.4, 0.5) is 11.8 Å². The number of piperazine rings is 1. The quantitative estimate of drug-likeness (QED) is 0.689. The minimum absolute atomic E-state index is 0.815. The molecule has 0 amide bonds. The molecule has 0 saturated carbocycles. The first kappa shape index (κ1) is 18.0. The summed E-state index contributed by atoms with van der Waals surface area (Å²) in [6.07, 6.45) is 0. The van der Waals surface area contributed by atoms with Crippen molar-refractivity contribution in [1.82, 2.24) is 14.9 Å². The molecule has 0 N–H and O–H groups in total. The summed E-state index contributed by atoms with van der Waals surface area (Å²) in [6, 6.07) is 16.3.